The first kappa shape index (κ1) is 9.69. The number of nitrogens with zero attached hydrogens (tertiary/aromatic N) is 1. The number of hydrogen-bond acceptors (Lipinski definition) is 2. The Morgan fingerprint density at radius 1 is 1.36 bits per heavy atom. The van der Waals surface area contributed by atoms with E-state index < -0.39 is 0 Å². The van der Waals surface area contributed by atoms with E-state index >= 15 is 0 Å². The van der Waals surface area contributed by atoms with Gasteiger partial charge in [0.15, 0.2) is 0 Å². The fraction of sp³-hybridized carbons (Fsp3) is 0.500. The highest BCUT2D eigenvalue weighted by Gasteiger charge is 2.29. The molecule has 1 fully saturated rings. The Hall–Kier alpha value is -0.860. The SMILES string of the molecule is C[C@]1(N)CCN(Cc2ccccc2)C1. The first-order valence-electron chi connectivity index (χ1n) is 5.21. The summed E-state index contributed by atoms with van der Waals surface area (Å²) in [5.74, 6) is 0. The first-order chi connectivity index (χ1) is 6.66. The van der Waals surface area contributed by atoms with Gasteiger partial charge in [-0.15, -0.1) is 0 Å². The molecule has 0 unspecified atom stereocenters. The smallest absolute Gasteiger partial charge is 0.0267 e. The van der Waals surface area contributed by atoms with Crippen LogP contribution in [-0.4, -0.2) is 23.5 Å². The molecule has 2 rings (SSSR count). The predicted octanol–water partition coefficient (Wildman–Crippen LogP) is 1.61. The van der Waals surface area contributed by atoms with Gasteiger partial charge in [0.05, 0.1) is 0 Å². The summed E-state index contributed by atoms with van der Waals surface area (Å²) in [4.78, 5) is 2.43. The lowest BCUT2D eigenvalue weighted by molar-refractivity contribution is 0.310. The molecule has 0 aliphatic carbocycles. The fourth-order valence-corrected chi connectivity index (χ4v) is 2.06. The Kier molecular flexibility index (Phi) is 2.57. The zero-order chi connectivity index (χ0) is 10.0. The molecule has 1 aromatic carbocycles. The van der Waals surface area contributed by atoms with E-state index in [2.05, 4.69) is 42.2 Å². The van der Waals surface area contributed by atoms with Crippen LogP contribution in [0.3, 0.4) is 0 Å². The van der Waals surface area contributed by atoms with Crippen LogP contribution < -0.4 is 5.73 Å². The predicted molar refractivity (Wildman–Crippen MR) is 58.9 cm³/mol. The Morgan fingerprint density at radius 3 is 2.64 bits per heavy atom. The number of benzene rings is 1. The lowest BCUT2D eigenvalue weighted by Gasteiger charge is -2.19. The summed E-state index contributed by atoms with van der Waals surface area (Å²) in [6, 6.07) is 10.6. The van der Waals surface area contributed by atoms with Gasteiger partial charge in [0, 0.05) is 25.2 Å². The summed E-state index contributed by atoms with van der Waals surface area (Å²) in [6.07, 6.45) is 1.11. The zero-order valence-electron chi connectivity index (χ0n) is 8.74. The highest BCUT2D eigenvalue weighted by Crippen LogP contribution is 2.19. The molecule has 2 heteroatoms. The molecule has 1 atom stereocenters. The maximum Gasteiger partial charge on any atom is 0.0267 e. The van der Waals surface area contributed by atoms with E-state index in [1.54, 1.807) is 0 Å². The summed E-state index contributed by atoms with van der Waals surface area (Å²) in [5.41, 5.74) is 7.48. The maximum atomic E-state index is 6.08. The highest BCUT2D eigenvalue weighted by atomic mass is 15.2. The van der Waals surface area contributed by atoms with Crippen molar-refractivity contribution < 1.29 is 0 Å². The Bertz CT molecular complexity index is 292. The maximum absolute atomic E-state index is 6.08. The van der Waals surface area contributed by atoms with E-state index in [0.29, 0.717) is 0 Å². The van der Waals surface area contributed by atoms with Gasteiger partial charge in [-0.05, 0) is 18.9 Å². The van der Waals surface area contributed by atoms with E-state index in [-0.39, 0.29) is 5.54 Å². The van der Waals surface area contributed by atoms with Crippen molar-refractivity contribution >= 4 is 0 Å². The molecule has 1 aromatic rings. The Morgan fingerprint density at radius 2 is 2.07 bits per heavy atom. The van der Waals surface area contributed by atoms with Gasteiger partial charge in [0.1, 0.15) is 0 Å². The minimum atomic E-state index is 0.0226. The van der Waals surface area contributed by atoms with Crippen LogP contribution in [0.15, 0.2) is 30.3 Å². The normalized spacial score (nSPS) is 28.1. The average Bonchev–Trinajstić information content (AvgIpc) is 2.47. The lowest BCUT2D eigenvalue weighted by Crippen LogP contribution is -2.38. The number of likely N-dealkylation sites (tertiary alicyclic amines) is 1. The van der Waals surface area contributed by atoms with Crippen molar-refractivity contribution in [3.05, 3.63) is 35.9 Å². The van der Waals surface area contributed by atoms with Gasteiger partial charge in [-0.2, -0.15) is 0 Å². The second-order valence-electron chi connectivity index (χ2n) is 4.60. The van der Waals surface area contributed by atoms with Crippen LogP contribution in [0, 0.1) is 0 Å². The molecule has 2 N–H and O–H groups in total. The van der Waals surface area contributed by atoms with Crippen LogP contribution in [0.5, 0.6) is 0 Å². The first-order valence-corrected chi connectivity index (χ1v) is 5.21. The third kappa shape index (κ3) is 2.34. The molecule has 1 heterocycles. The average molecular weight is 190 g/mol. The summed E-state index contributed by atoms with van der Waals surface area (Å²) in [5, 5.41) is 0. The van der Waals surface area contributed by atoms with Gasteiger partial charge in [-0.25, -0.2) is 0 Å². The molecule has 14 heavy (non-hydrogen) atoms. The van der Waals surface area contributed by atoms with E-state index in [4.69, 9.17) is 5.73 Å². The second-order valence-corrected chi connectivity index (χ2v) is 4.60. The van der Waals surface area contributed by atoms with Crippen LogP contribution in [0.1, 0.15) is 18.9 Å². The minimum absolute atomic E-state index is 0.0226. The third-order valence-electron chi connectivity index (χ3n) is 2.83. The number of nitrogens with two attached hydrogens (primary N) is 1. The summed E-state index contributed by atoms with van der Waals surface area (Å²) in [6.45, 7) is 5.31. The van der Waals surface area contributed by atoms with E-state index in [1.807, 2.05) is 0 Å². The Balaban J connectivity index is 1.94. The van der Waals surface area contributed by atoms with E-state index in [1.165, 1.54) is 5.56 Å². The Labute approximate surface area is 85.7 Å². The van der Waals surface area contributed by atoms with Gasteiger partial charge in [-0.1, -0.05) is 30.3 Å². The molecular formula is C12H18N2. The van der Waals surface area contributed by atoms with Crippen LogP contribution in [0.4, 0.5) is 0 Å². The standard InChI is InChI=1S/C12H18N2/c1-12(13)7-8-14(10-12)9-11-5-3-2-4-6-11/h2-6H,7-10,13H2,1H3/t12-/m0/s1. The largest absolute Gasteiger partial charge is 0.324 e. The van der Waals surface area contributed by atoms with Gasteiger partial charge in [-0.3, -0.25) is 4.90 Å². The van der Waals surface area contributed by atoms with Gasteiger partial charge in [0.25, 0.3) is 0 Å². The molecule has 1 aliphatic heterocycles. The van der Waals surface area contributed by atoms with E-state index in [0.717, 1.165) is 26.1 Å². The van der Waals surface area contributed by atoms with Crippen molar-refractivity contribution in [2.45, 2.75) is 25.4 Å². The quantitative estimate of drug-likeness (QED) is 0.767. The third-order valence-corrected chi connectivity index (χ3v) is 2.83. The monoisotopic (exact) mass is 190 g/mol. The van der Waals surface area contributed by atoms with Crippen molar-refractivity contribution in [3.63, 3.8) is 0 Å². The van der Waals surface area contributed by atoms with Gasteiger partial charge in [0.2, 0.25) is 0 Å². The van der Waals surface area contributed by atoms with Crippen molar-refractivity contribution in [3.8, 4) is 0 Å². The molecule has 0 spiro atoms. The zero-order valence-corrected chi connectivity index (χ0v) is 8.74. The van der Waals surface area contributed by atoms with Crippen molar-refractivity contribution in [1.29, 1.82) is 0 Å². The van der Waals surface area contributed by atoms with Crippen LogP contribution in [0.25, 0.3) is 0 Å². The van der Waals surface area contributed by atoms with Crippen molar-refractivity contribution in [2.75, 3.05) is 13.1 Å². The topological polar surface area (TPSA) is 29.3 Å². The molecule has 1 saturated heterocycles. The molecule has 2 nitrogen and oxygen atoms in total. The minimum Gasteiger partial charge on any atom is -0.324 e. The van der Waals surface area contributed by atoms with Gasteiger partial charge < -0.3 is 5.73 Å². The lowest BCUT2D eigenvalue weighted by atomic mass is 10.0. The van der Waals surface area contributed by atoms with Crippen molar-refractivity contribution in [2.24, 2.45) is 5.73 Å². The van der Waals surface area contributed by atoms with E-state index in [9.17, 15) is 0 Å². The van der Waals surface area contributed by atoms with Crippen molar-refractivity contribution in [1.82, 2.24) is 4.90 Å². The molecule has 0 amide bonds. The van der Waals surface area contributed by atoms with Crippen LogP contribution in [-0.2, 0) is 6.54 Å². The second kappa shape index (κ2) is 3.71. The molecule has 0 aromatic heterocycles. The van der Waals surface area contributed by atoms with Gasteiger partial charge >= 0.3 is 0 Å². The molecular weight excluding hydrogens is 172 g/mol. The molecule has 76 valence electrons. The fourth-order valence-electron chi connectivity index (χ4n) is 2.06. The molecule has 0 radical (unpaired) electrons. The molecule has 0 bridgehead atoms. The highest BCUT2D eigenvalue weighted by molar-refractivity contribution is 5.14. The summed E-state index contributed by atoms with van der Waals surface area (Å²) in [7, 11) is 0. The van der Waals surface area contributed by atoms with Crippen LogP contribution in [0.2, 0.25) is 0 Å². The molecule has 0 saturated carbocycles. The number of hydrogen-bond donors (Lipinski definition) is 1. The summed E-state index contributed by atoms with van der Waals surface area (Å²) >= 11 is 0. The number of rotatable bonds is 2. The summed E-state index contributed by atoms with van der Waals surface area (Å²) < 4.78 is 0. The molecule has 1 aliphatic rings. The van der Waals surface area contributed by atoms with Crippen LogP contribution >= 0.6 is 0 Å².